The minimum absolute atomic E-state index is 0.0705. The van der Waals surface area contributed by atoms with E-state index in [1.54, 1.807) is 6.92 Å². The molecule has 6 heteroatoms. The number of carboxylic acid groups (broad SMARTS) is 1. The lowest BCUT2D eigenvalue weighted by molar-refractivity contribution is 0.0686. The molecular weight excluding hydrogens is 218 g/mol. The predicted octanol–water partition coefficient (Wildman–Crippen LogP) is 0.964. The summed E-state index contributed by atoms with van der Waals surface area (Å²) in [5, 5.41) is 8.77. The van der Waals surface area contributed by atoms with E-state index in [-0.39, 0.29) is 10.6 Å². The Kier molecular flexibility index (Phi) is 3.41. The molecule has 0 saturated carbocycles. The summed E-state index contributed by atoms with van der Waals surface area (Å²) in [6.07, 6.45) is 1.70. The molecule has 1 aromatic heterocycles. The molecule has 0 aliphatic carbocycles. The number of aromatic carboxylic acids is 1. The highest BCUT2D eigenvalue weighted by molar-refractivity contribution is 7.91. The highest BCUT2D eigenvalue weighted by Gasteiger charge is 2.22. The van der Waals surface area contributed by atoms with Crippen LogP contribution >= 0.6 is 0 Å². The molecule has 0 fully saturated rings. The van der Waals surface area contributed by atoms with Crippen molar-refractivity contribution < 1.29 is 18.3 Å². The van der Waals surface area contributed by atoms with Gasteiger partial charge in [0.05, 0.1) is 10.6 Å². The zero-order valence-electron chi connectivity index (χ0n) is 8.17. The number of carboxylic acids is 1. The van der Waals surface area contributed by atoms with E-state index >= 15 is 0 Å². The minimum Gasteiger partial charge on any atom is -0.476 e. The van der Waals surface area contributed by atoms with Gasteiger partial charge in [0.15, 0.2) is 15.5 Å². The lowest BCUT2D eigenvalue weighted by atomic mass is 10.3. The lowest BCUT2D eigenvalue weighted by Gasteiger charge is -2.04. The highest BCUT2D eigenvalue weighted by Crippen LogP contribution is 2.15. The summed E-state index contributed by atoms with van der Waals surface area (Å²) in [5.41, 5.74) is -0.411. The molecule has 0 radical (unpaired) electrons. The zero-order chi connectivity index (χ0) is 11.5. The molecule has 0 aliphatic heterocycles. The number of hydrogen-bond acceptors (Lipinski definition) is 4. The Hall–Kier alpha value is -1.43. The number of nitrogens with zero attached hydrogens (tertiary/aromatic N) is 1. The Morgan fingerprint density at radius 1 is 1.53 bits per heavy atom. The van der Waals surface area contributed by atoms with Crippen molar-refractivity contribution in [1.82, 2.24) is 4.98 Å². The molecule has 82 valence electrons. The van der Waals surface area contributed by atoms with Gasteiger partial charge in [-0.2, -0.15) is 0 Å². The summed E-state index contributed by atoms with van der Waals surface area (Å²) in [6.45, 7) is 1.72. The summed E-state index contributed by atoms with van der Waals surface area (Å²) in [5.74, 6) is -1.40. The Labute approximate surface area is 87.7 Å². The van der Waals surface area contributed by atoms with Gasteiger partial charge in [-0.15, -0.1) is 0 Å². The van der Waals surface area contributed by atoms with Gasteiger partial charge in [-0.3, -0.25) is 0 Å². The maximum atomic E-state index is 11.7. The van der Waals surface area contributed by atoms with Crippen molar-refractivity contribution in [1.29, 1.82) is 0 Å². The molecule has 0 atom stereocenters. The first kappa shape index (κ1) is 11.6. The van der Waals surface area contributed by atoms with E-state index in [2.05, 4.69) is 4.98 Å². The van der Waals surface area contributed by atoms with Crippen LogP contribution in [0, 0.1) is 0 Å². The van der Waals surface area contributed by atoms with E-state index in [0.717, 1.165) is 0 Å². The van der Waals surface area contributed by atoms with Crippen LogP contribution in [0.15, 0.2) is 23.2 Å². The van der Waals surface area contributed by atoms with Crippen LogP contribution in [0.1, 0.15) is 23.8 Å². The SMILES string of the molecule is CCCS(=O)(=O)c1cccnc1C(=O)O. The maximum Gasteiger partial charge on any atom is 0.355 e. The van der Waals surface area contributed by atoms with Gasteiger partial charge in [0.25, 0.3) is 0 Å². The summed E-state index contributed by atoms with van der Waals surface area (Å²) in [4.78, 5) is 14.1. The molecule has 0 unspecified atom stereocenters. The number of aromatic nitrogens is 1. The summed E-state index contributed by atoms with van der Waals surface area (Å²) in [7, 11) is -3.53. The van der Waals surface area contributed by atoms with Gasteiger partial charge in [0.1, 0.15) is 0 Å². The fourth-order valence-corrected chi connectivity index (χ4v) is 2.66. The van der Waals surface area contributed by atoms with Crippen LogP contribution in [0.3, 0.4) is 0 Å². The number of hydrogen-bond donors (Lipinski definition) is 1. The Balaban J connectivity index is 3.31. The van der Waals surface area contributed by atoms with Crippen molar-refractivity contribution in [2.45, 2.75) is 18.2 Å². The highest BCUT2D eigenvalue weighted by atomic mass is 32.2. The van der Waals surface area contributed by atoms with E-state index in [0.29, 0.717) is 6.42 Å². The van der Waals surface area contributed by atoms with Gasteiger partial charge in [0, 0.05) is 6.20 Å². The average molecular weight is 229 g/mol. The summed E-state index contributed by atoms with van der Waals surface area (Å²) in [6, 6.07) is 2.68. The minimum atomic E-state index is -3.53. The van der Waals surface area contributed by atoms with Crippen molar-refractivity contribution >= 4 is 15.8 Å². The van der Waals surface area contributed by atoms with Crippen molar-refractivity contribution in [3.05, 3.63) is 24.0 Å². The Bertz CT molecular complexity index is 467. The molecule has 5 nitrogen and oxygen atoms in total. The topological polar surface area (TPSA) is 84.3 Å². The molecule has 0 saturated heterocycles. The normalized spacial score (nSPS) is 11.3. The van der Waals surface area contributed by atoms with E-state index < -0.39 is 21.5 Å². The van der Waals surface area contributed by atoms with Gasteiger partial charge in [-0.05, 0) is 18.6 Å². The number of pyridine rings is 1. The van der Waals surface area contributed by atoms with Crippen LogP contribution in [0.5, 0.6) is 0 Å². The average Bonchev–Trinajstić information content (AvgIpc) is 2.17. The van der Waals surface area contributed by atoms with Crippen LogP contribution in [0.4, 0.5) is 0 Å². The second-order valence-corrected chi connectivity index (χ2v) is 5.05. The van der Waals surface area contributed by atoms with E-state index in [9.17, 15) is 13.2 Å². The molecule has 0 spiro atoms. The number of sulfone groups is 1. The summed E-state index contributed by atoms with van der Waals surface area (Å²) < 4.78 is 23.3. The third kappa shape index (κ3) is 2.53. The standard InChI is InChI=1S/C9H11NO4S/c1-2-6-15(13,14)7-4-3-5-10-8(7)9(11)12/h3-5H,2,6H2,1H3,(H,11,12). The monoisotopic (exact) mass is 229 g/mol. The summed E-state index contributed by atoms with van der Waals surface area (Å²) >= 11 is 0. The molecule has 15 heavy (non-hydrogen) atoms. The molecule has 1 aromatic rings. The lowest BCUT2D eigenvalue weighted by Crippen LogP contribution is -2.13. The third-order valence-corrected chi connectivity index (χ3v) is 3.73. The van der Waals surface area contributed by atoms with Crippen molar-refractivity contribution in [3.8, 4) is 0 Å². The van der Waals surface area contributed by atoms with Crippen molar-refractivity contribution in [3.63, 3.8) is 0 Å². The second kappa shape index (κ2) is 4.39. The van der Waals surface area contributed by atoms with Crippen LogP contribution in [-0.4, -0.2) is 30.2 Å². The molecule has 0 amide bonds. The van der Waals surface area contributed by atoms with Crippen molar-refractivity contribution in [2.75, 3.05) is 5.75 Å². The molecule has 1 rings (SSSR count). The van der Waals surface area contributed by atoms with Gasteiger partial charge in [-0.1, -0.05) is 6.92 Å². The third-order valence-electron chi connectivity index (χ3n) is 1.78. The van der Waals surface area contributed by atoms with Gasteiger partial charge in [0.2, 0.25) is 0 Å². The first-order chi connectivity index (χ1) is 6.99. The Morgan fingerprint density at radius 3 is 2.73 bits per heavy atom. The fourth-order valence-electron chi connectivity index (χ4n) is 1.18. The molecule has 0 aliphatic rings. The van der Waals surface area contributed by atoms with Crippen LogP contribution in [-0.2, 0) is 9.84 Å². The number of carbonyl (C=O) groups is 1. The van der Waals surface area contributed by atoms with Crippen LogP contribution in [0.25, 0.3) is 0 Å². The fraction of sp³-hybridized carbons (Fsp3) is 0.333. The van der Waals surface area contributed by atoms with E-state index in [4.69, 9.17) is 5.11 Å². The van der Waals surface area contributed by atoms with Crippen LogP contribution in [0.2, 0.25) is 0 Å². The molecular formula is C9H11NO4S. The molecule has 1 N–H and O–H groups in total. The predicted molar refractivity (Wildman–Crippen MR) is 53.5 cm³/mol. The largest absolute Gasteiger partial charge is 0.476 e. The van der Waals surface area contributed by atoms with Gasteiger partial charge >= 0.3 is 5.97 Å². The number of rotatable bonds is 4. The second-order valence-electron chi connectivity index (χ2n) is 2.97. The first-order valence-electron chi connectivity index (χ1n) is 4.40. The van der Waals surface area contributed by atoms with Gasteiger partial charge < -0.3 is 5.11 Å². The molecule has 0 bridgehead atoms. The smallest absolute Gasteiger partial charge is 0.355 e. The zero-order valence-corrected chi connectivity index (χ0v) is 8.99. The quantitative estimate of drug-likeness (QED) is 0.831. The maximum absolute atomic E-state index is 11.7. The molecule has 0 aromatic carbocycles. The van der Waals surface area contributed by atoms with Crippen LogP contribution < -0.4 is 0 Å². The van der Waals surface area contributed by atoms with Gasteiger partial charge in [-0.25, -0.2) is 18.2 Å². The molecule has 1 heterocycles. The Morgan fingerprint density at radius 2 is 2.20 bits per heavy atom. The first-order valence-corrected chi connectivity index (χ1v) is 6.05. The van der Waals surface area contributed by atoms with Crippen molar-refractivity contribution in [2.24, 2.45) is 0 Å². The van der Waals surface area contributed by atoms with E-state index in [1.807, 2.05) is 0 Å². The van der Waals surface area contributed by atoms with E-state index in [1.165, 1.54) is 18.3 Å².